The minimum absolute atomic E-state index is 0.0769. The Morgan fingerprint density at radius 1 is 1.20 bits per heavy atom. The van der Waals surface area contributed by atoms with Crippen molar-refractivity contribution in [1.29, 1.82) is 0 Å². The van der Waals surface area contributed by atoms with Crippen molar-refractivity contribution >= 4 is 0 Å². The van der Waals surface area contributed by atoms with Crippen molar-refractivity contribution in [3.8, 4) is 17.2 Å². The Morgan fingerprint density at radius 3 is 2.55 bits per heavy atom. The maximum Gasteiger partial charge on any atom is 0.422 e. The van der Waals surface area contributed by atoms with E-state index in [1.165, 1.54) is 6.07 Å². The zero-order chi connectivity index (χ0) is 14.2. The normalized spacial score (nSPS) is 17.4. The minimum atomic E-state index is -4.36. The van der Waals surface area contributed by atoms with Crippen LogP contribution in [0, 0.1) is 0 Å². The van der Waals surface area contributed by atoms with Crippen LogP contribution in [0.5, 0.6) is 17.2 Å². The van der Waals surface area contributed by atoms with Gasteiger partial charge in [-0.15, -0.1) is 0 Å². The van der Waals surface area contributed by atoms with Crippen molar-refractivity contribution in [2.24, 2.45) is 0 Å². The monoisotopic (exact) mass is 289 g/mol. The third-order valence-electron chi connectivity index (χ3n) is 3.11. The molecule has 1 saturated carbocycles. The predicted octanol–water partition coefficient (Wildman–Crippen LogP) is 2.61. The summed E-state index contributed by atoms with van der Waals surface area (Å²) in [6, 6.07) is 3.58. The van der Waals surface area contributed by atoms with E-state index in [4.69, 9.17) is 14.2 Å². The van der Waals surface area contributed by atoms with Crippen molar-refractivity contribution in [2.75, 3.05) is 13.4 Å². The third kappa shape index (κ3) is 3.27. The van der Waals surface area contributed by atoms with Crippen molar-refractivity contribution < 1.29 is 27.4 Å². The Balaban J connectivity index is 1.76. The van der Waals surface area contributed by atoms with Gasteiger partial charge >= 0.3 is 6.18 Å². The molecule has 3 rings (SSSR count). The summed E-state index contributed by atoms with van der Waals surface area (Å²) in [5, 5.41) is 3.24. The molecule has 1 aliphatic heterocycles. The molecule has 0 spiro atoms. The van der Waals surface area contributed by atoms with Crippen molar-refractivity contribution in [3.05, 3.63) is 17.7 Å². The molecule has 0 radical (unpaired) electrons. The van der Waals surface area contributed by atoms with E-state index in [9.17, 15) is 13.2 Å². The van der Waals surface area contributed by atoms with Gasteiger partial charge in [-0.05, 0) is 18.9 Å². The molecule has 0 unspecified atom stereocenters. The molecule has 1 N–H and O–H groups in total. The van der Waals surface area contributed by atoms with Crippen LogP contribution in [-0.4, -0.2) is 25.6 Å². The SMILES string of the molecule is FC(F)(F)COc1cc2c(cc1CNC1CC1)OCO2. The Kier molecular flexibility index (Phi) is 3.37. The summed E-state index contributed by atoms with van der Waals surface area (Å²) >= 11 is 0. The Hall–Kier alpha value is -1.63. The maximum atomic E-state index is 12.3. The van der Waals surface area contributed by atoms with E-state index in [1.807, 2.05) is 0 Å². The summed E-state index contributed by atoms with van der Waals surface area (Å²) < 4.78 is 52.1. The first-order valence-corrected chi connectivity index (χ1v) is 6.37. The molecule has 7 heteroatoms. The molecule has 1 fully saturated rings. The molecule has 110 valence electrons. The van der Waals surface area contributed by atoms with E-state index in [2.05, 4.69) is 5.32 Å². The first-order chi connectivity index (χ1) is 9.51. The molecule has 1 aromatic rings. The van der Waals surface area contributed by atoms with Crippen LogP contribution in [0.3, 0.4) is 0 Å². The molecule has 2 aliphatic rings. The smallest absolute Gasteiger partial charge is 0.422 e. The highest BCUT2D eigenvalue weighted by molar-refractivity contribution is 5.51. The zero-order valence-electron chi connectivity index (χ0n) is 10.6. The lowest BCUT2D eigenvalue weighted by molar-refractivity contribution is -0.153. The van der Waals surface area contributed by atoms with Crippen LogP contribution in [0.2, 0.25) is 0 Å². The van der Waals surface area contributed by atoms with Gasteiger partial charge in [0.15, 0.2) is 18.1 Å². The van der Waals surface area contributed by atoms with Gasteiger partial charge in [-0.3, -0.25) is 0 Å². The average Bonchev–Trinajstić information content (AvgIpc) is 3.10. The van der Waals surface area contributed by atoms with Crippen LogP contribution in [0.4, 0.5) is 13.2 Å². The van der Waals surface area contributed by atoms with Gasteiger partial charge in [-0.2, -0.15) is 13.2 Å². The Labute approximate surface area is 113 Å². The molecule has 1 aliphatic carbocycles. The zero-order valence-corrected chi connectivity index (χ0v) is 10.6. The lowest BCUT2D eigenvalue weighted by Crippen LogP contribution is -2.21. The van der Waals surface area contributed by atoms with Gasteiger partial charge < -0.3 is 19.5 Å². The second-order valence-corrected chi connectivity index (χ2v) is 4.87. The van der Waals surface area contributed by atoms with Crippen LogP contribution < -0.4 is 19.5 Å². The fourth-order valence-electron chi connectivity index (χ4n) is 1.94. The highest BCUT2D eigenvalue weighted by Crippen LogP contribution is 2.39. The van der Waals surface area contributed by atoms with Crippen LogP contribution in [-0.2, 0) is 6.54 Å². The van der Waals surface area contributed by atoms with Gasteiger partial charge in [0, 0.05) is 24.2 Å². The molecular weight excluding hydrogens is 275 g/mol. The van der Waals surface area contributed by atoms with Gasteiger partial charge in [0.05, 0.1) is 0 Å². The maximum absolute atomic E-state index is 12.3. The summed E-state index contributed by atoms with van der Waals surface area (Å²) in [4.78, 5) is 0. The second kappa shape index (κ2) is 5.05. The van der Waals surface area contributed by atoms with E-state index < -0.39 is 12.8 Å². The van der Waals surface area contributed by atoms with E-state index in [0.29, 0.717) is 29.6 Å². The molecule has 4 nitrogen and oxygen atoms in total. The van der Waals surface area contributed by atoms with Gasteiger partial charge in [0.1, 0.15) is 5.75 Å². The third-order valence-corrected chi connectivity index (χ3v) is 3.11. The molecule has 1 aromatic carbocycles. The Morgan fingerprint density at radius 2 is 1.90 bits per heavy atom. The number of fused-ring (bicyclic) bond motifs is 1. The number of ether oxygens (including phenoxy) is 3. The summed E-state index contributed by atoms with van der Waals surface area (Å²) in [7, 11) is 0. The number of alkyl halides is 3. The minimum Gasteiger partial charge on any atom is -0.484 e. The molecule has 0 aromatic heterocycles. The fourth-order valence-corrected chi connectivity index (χ4v) is 1.94. The molecule has 0 bridgehead atoms. The average molecular weight is 289 g/mol. The van der Waals surface area contributed by atoms with Gasteiger partial charge in [-0.25, -0.2) is 0 Å². The first kappa shape index (κ1) is 13.4. The number of hydrogen-bond donors (Lipinski definition) is 1. The number of benzene rings is 1. The van der Waals surface area contributed by atoms with Gasteiger partial charge in [0.2, 0.25) is 6.79 Å². The summed E-state index contributed by atoms with van der Waals surface area (Å²) in [5.74, 6) is 1.13. The van der Waals surface area contributed by atoms with Crippen molar-refractivity contribution in [2.45, 2.75) is 31.6 Å². The number of halogens is 3. The standard InChI is InChI=1S/C13H14F3NO3/c14-13(15,16)6-18-10-4-12-11(19-7-20-12)3-8(10)5-17-9-1-2-9/h3-4,9,17H,1-2,5-7H2. The van der Waals surface area contributed by atoms with Crippen LogP contribution in [0.1, 0.15) is 18.4 Å². The topological polar surface area (TPSA) is 39.7 Å². The molecular formula is C13H14F3NO3. The number of rotatable bonds is 5. The largest absolute Gasteiger partial charge is 0.484 e. The molecule has 0 saturated heterocycles. The van der Waals surface area contributed by atoms with E-state index in [1.54, 1.807) is 6.07 Å². The van der Waals surface area contributed by atoms with Crippen LogP contribution in [0.25, 0.3) is 0 Å². The van der Waals surface area contributed by atoms with Gasteiger partial charge in [-0.1, -0.05) is 0 Å². The number of nitrogens with one attached hydrogen (secondary N) is 1. The molecule has 20 heavy (non-hydrogen) atoms. The lowest BCUT2D eigenvalue weighted by atomic mass is 10.1. The molecule has 0 atom stereocenters. The van der Waals surface area contributed by atoms with Crippen LogP contribution in [0.15, 0.2) is 12.1 Å². The second-order valence-electron chi connectivity index (χ2n) is 4.87. The first-order valence-electron chi connectivity index (χ1n) is 6.37. The highest BCUT2D eigenvalue weighted by Gasteiger charge is 2.30. The van der Waals surface area contributed by atoms with E-state index in [-0.39, 0.29) is 12.5 Å². The number of hydrogen-bond acceptors (Lipinski definition) is 4. The molecule has 0 amide bonds. The molecule has 1 heterocycles. The summed E-state index contributed by atoms with van der Waals surface area (Å²) in [5.41, 5.74) is 0.644. The van der Waals surface area contributed by atoms with Crippen molar-refractivity contribution in [1.82, 2.24) is 5.32 Å². The van der Waals surface area contributed by atoms with Gasteiger partial charge in [0.25, 0.3) is 0 Å². The van der Waals surface area contributed by atoms with E-state index >= 15 is 0 Å². The lowest BCUT2D eigenvalue weighted by Gasteiger charge is -2.14. The fraction of sp³-hybridized carbons (Fsp3) is 0.538. The summed E-state index contributed by atoms with van der Waals surface area (Å²) in [6.45, 7) is -0.787. The van der Waals surface area contributed by atoms with Crippen LogP contribution >= 0.6 is 0 Å². The van der Waals surface area contributed by atoms with E-state index in [0.717, 1.165) is 12.8 Å². The predicted molar refractivity (Wildman–Crippen MR) is 64.0 cm³/mol. The summed E-state index contributed by atoms with van der Waals surface area (Å²) in [6.07, 6.45) is -2.16. The highest BCUT2D eigenvalue weighted by atomic mass is 19.4. The quantitative estimate of drug-likeness (QED) is 0.904. The van der Waals surface area contributed by atoms with Crippen molar-refractivity contribution in [3.63, 3.8) is 0 Å². The Bertz CT molecular complexity index is 500.